The van der Waals surface area contributed by atoms with Gasteiger partial charge in [0.05, 0.1) is 6.10 Å². The van der Waals surface area contributed by atoms with Crippen molar-refractivity contribution in [2.24, 2.45) is 5.92 Å². The van der Waals surface area contributed by atoms with Crippen LogP contribution >= 0.6 is 0 Å². The van der Waals surface area contributed by atoms with Crippen molar-refractivity contribution in [3.8, 4) is 0 Å². The molecule has 1 fully saturated rings. The van der Waals surface area contributed by atoms with Gasteiger partial charge in [0.1, 0.15) is 5.60 Å². The quantitative estimate of drug-likeness (QED) is 0.723. The second-order valence-corrected chi connectivity index (χ2v) is 6.14. The lowest BCUT2D eigenvalue weighted by Crippen LogP contribution is -2.46. The summed E-state index contributed by atoms with van der Waals surface area (Å²) in [6, 6.07) is 0. The largest absolute Gasteiger partial charge is 0.444 e. The van der Waals surface area contributed by atoms with Gasteiger partial charge in [-0.05, 0) is 46.5 Å². The summed E-state index contributed by atoms with van der Waals surface area (Å²) in [7, 11) is 0. The van der Waals surface area contributed by atoms with Crippen molar-refractivity contribution >= 4 is 6.09 Å². The van der Waals surface area contributed by atoms with Crippen LogP contribution in [0.25, 0.3) is 0 Å². The molecule has 1 rings (SSSR count). The van der Waals surface area contributed by atoms with Crippen molar-refractivity contribution in [3.05, 3.63) is 0 Å². The maximum Gasteiger partial charge on any atom is 0.408 e. The highest BCUT2D eigenvalue weighted by molar-refractivity contribution is 5.68. The highest BCUT2D eigenvalue weighted by Gasteiger charge is 2.40. The molecule has 0 heterocycles. The molecule has 94 valence electrons. The van der Waals surface area contributed by atoms with Crippen molar-refractivity contribution in [2.45, 2.75) is 64.7 Å². The molecule has 2 N–H and O–H groups in total. The van der Waals surface area contributed by atoms with Crippen LogP contribution in [0.3, 0.4) is 0 Å². The van der Waals surface area contributed by atoms with Crippen molar-refractivity contribution in [1.29, 1.82) is 0 Å². The van der Waals surface area contributed by atoms with E-state index in [1.165, 1.54) is 0 Å². The lowest BCUT2D eigenvalue weighted by atomic mass is 9.99. The summed E-state index contributed by atoms with van der Waals surface area (Å²) in [6.45, 7) is 9.44. The summed E-state index contributed by atoms with van der Waals surface area (Å²) >= 11 is 0. The fourth-order valence-corrected chi connectivity index (χ4v) is 2.24. The van der Waals surface area contributed by atoms with Crippen molar-refractivity contribution in [2.75, 3.05) is 0 Å². The minimum atomic E-state index is -0.483. The number of aliphatic hydroxyl groups excluding tert-OH is 1. The Balaban J connectivity index is 2.52. The molecule has 0 saturated heterocycles. The van der Waals surface area contributed by atoms with Crippen LogP contribution in [0.5, 0.6) is 0 Å². The van der Waals surface area contributed by atoms with Gasteiger partial charge in [0.25, 0.3) is 0 Å². The predicted molar refractivity (Wildman–Crippen MR) is 62.2 cm³/mol. The molecule has 1 amide bonds. The van der Waals surface area contributed by atoms with Crippen molar-refractivity contribution in [3.63, 3.8) is 0 Å². The van der Waals surface area contributed by atoms with Gasteiger partial charge in [-0.3, -0.25) is 0 Å². The van der Waals surface area contributed by atoms with Gasteiger partial charge in [-0.1, -0.05) is 6.92 Å². The summed E-state index contributed by atoms with van der Waals surface area (Å²) in [5, 5.41) is 12.5. The SMILES string of the molecule is C[C@H]1C[C@](C)(NC(=O)OC(C)(C)C)C[C@@H]1O. The van der Waals surface area contributed by atoms with E-state index in [1.807, 2.05) is 34.6 Å². The van der Waals surface area contributed by atoms with Gasteiger partial charge in [0.2, 0.25) is 0 Å². The third-order valence-corrected chi connectivity index (χ3v) is 2.89. The van der Waals surface area contributed by atoms with Gasteiger partial charge in [-0.2, -0.15) is 0 Å². The molecule has 0 aromatic rings. The monoisotopic (exact) mass is 229 g/mol. The van der Waals surface area contributed by atoms with E-state index in [9.17, 15) is 9.90 Å². The van der Waals surface area contributed by atoms with Gasteiger partial charge >= 0.3 is 6.09 Å². The normalized spacial score (nSPS) is 34.9. The molecule has 0 unspecified atom stereocenters. The van der Waals surface area contributed by atoms with Crippen LogP contribution in [0.15, 0.2) is 0 Å². The van der Waals surface area contributed by atoms with E-state index in [4.69, 9.17) is 4.74 Å². The molecule has 0 radical (unpaired) electrons. The van der Waals surface area contributed by atoms with E-state index in [2.05, 4.69) is 5.32 Å². The van der Waals surface area contributed by atoms with Gasteiger partial charge in [0.15, 0.2) is 0 Å². The molecule has 0 aromatic heterocycles. The zero-order chi connectivity index (χ0) is 12.6. The van der Waals surface area contributed by atoms with Crippen molar-refractivity contribution in [1.82, 2.24) is 5.32 Å². The number of rotatable bonds is 1. The van der Waals surface area contributed by atoms with Gasteiger partial charge in [0, 0.05) is 5.54 Å². The Labute approximate surface area is 97.4 Å². The first-order valence-corrected chi connectivity index (χ1v) is 5.80. The Kier molecular flexibility index (Phi) is 3.53. The minimum absolute atomic E-state index is 0.222. The molecule has 16 heavy (non-hydrogen) atoms. The summed E-state index contributed by atoms with van der Waals surface area (Å²) in [5.41, 5.74) is -0.829. The number of ether oxygens (including phenoxy) is 1. The molecule has 1 aliphatic carbocycles. The van der Waals surface area contributed by atoms with Crippen LogP contribution in [-0.2, 0) is 4.74 Å². The van der Waals surface area contributed by atoms with E-state index in [-0.39, 0.29) is 17.6 Å². The average molecular weight is 229 g/mol. The summed E-state index contributed by atoms with van der Waals surface area (Å²) in [5.74, 6) is 0.222. The Morgan fingerprint density at radius 2 is 2.00 bits per heavy atom. The highest BCUT2D eigenvalue weighted by atomic mass is 16.6. The molecule has 1 saturated carbocycles. The molecule has 0 aromatic carbocycles. The third-order valence-electron chi connectivity index (χ3n) is 2.89. The van der Waals surface area contributed by atoms with E-state index in [0.29, 0.717) is 6.42 Å². The number of carbonyl (C=O) groups is 1. The molecule has 3 atom stereocenters. The van der Waals surface area contributed by atoms with E-state index in [0.717, 1.165) is 6.42 Å². The Hall–Kier alpha value is -0.770. The van der Waals surface area contributed by atoms with Crippen LogP contribution in [0.1, 0.15) is 47.5 Å². The van der Waals surface area contributed by atoms with Gasteiger partial charge in [-0.15, -0.1) is 0 Å². The van der Waals surface area contributed by atoms with Crippen LogP contribution in [0.4, 0.5) is 4.79 Å². The van der Waals surface area contributed by atoms with Crippen LogP contribution in [0, 0.1) is 5.92 Å². The molecule has 1 aliphatic rings. The molecular formula is C12H23NO3. The zero-order valence-corrected chi connectivity index (χ0v) is 10.8. The zero-order valence-electron chi connectivity index (χ0n) is 10.8. The smallest absolute Gasteiger partial charge is 0.408 e. The standard InChI is InChI=1S/C12H23NO3/c1-8-6-12(5,7-9(8)14)13-10(15)16-11(2,3)4/h8-9,14H,6-7H2,1-5H3,(H,13,15)/t8-,9-,12-/m0/s1. The minimum Gasteiger partial charge on any atom is -0.444 e. The molecule has 0 spiro atoms. The first-order chi connectivity index (χ1) is 7.11. The Morgan fingerprint density at radius 3 is 2.38 bits per heavy atom. The number of carbonyl (C=O) groups excluding carboxylic acids is 1. The molecular weight excluding hydrogens is 206 g/mol. The lowest BCUT2D eigenvalue weighted by molar-refractivity contribution is 0.0459. The summed E-state index contributed by atoms with van der Waals surface area (Å²) < 4.78 is 5.20. The lowest BCUT2D eigenvalue weighted by Gasteiger charge is -2.28. The second-order valence-electron chi connectivity index (χ2n) is 6.14. The van der Waals surface area contributed by atoms with Crippen molar-refractivity contribution < 1.29 is 14.6 Å². The fourth-order valence-electron chi connectivity index (χ4n) is 2.24. The number of nitrogens with one attached hydrogen (secondary N) is 1. The Morgan fingerprint density at radius 1 is 1.44 bits per heavy atom. The van der Waals surface area contributed by atoms with Gasteiger partial charge < -0.3 is 15.2 Å². The number of amides is 1. The van der Waals surface area contributed by atoms with Crippen LogP contribution < -0.4 is 5.32 Å². The third kappa shape index (κ3) is 3.67. The Bertz CT molecular complexity index is 260. The van der Waals surface area contributed by atoms with Crippen LogP contribution in [-0.4, -0.2) is 28.4 Å². The maximum atomic E-state index is 11.6. The van der Waals surface area contributed by atoms with E-state index in [1.54, 1.807) is 0 Å². The summed E-state index contributed by atoms with van der Waals surface area (Å²) in [6.07, 6.45) is 0.636. The predicted octanol–water partition coefficient (Wildman–Crippen LogP) is 2.06. The fraction of sp³-hybridized carbons (Fsp3) is 0.917. The van der Waals surface area contributed by atoms with Gasteiger partial charge in [-0.25, -0.2) is 4.79 Å². The van der Waals surface area contributed by atoms with Crippen LogP contribution in [0.2, 0.25) is 0 Å². The number of hydrogen-bond donors (Lipinski definition) is 2. The van der Waals surface area contributed by atoms with E-state index >= 15 is 0 Å². The van der Waals surface area contributed by atoms with E-state index < -0.39 is 11.7 Å². The number of alkyl carbamates (subject to hydrolysis) is 1. The first kappa shape index (κ1) is 13.3. The topological polar surface area (TPSA) is 58.6 Å². The molecule has 0 bridgehead atoms. The molecule has 0 aliphatic heterocycles. The average Bonchev–Trinajstić information content (AvgIpc) is 2.19. The number of hydrogen-bond acceptors (Lipinski definition) is 3. The highest BCUT2D eigenvalue weighted by Crippen LogP contribution is 2.34. The molecule has 4 nitrogen and oxygen atoms in total. The number of aliphatic hydroxyl groups is 1. The maximum absolute atomic E-state index is 11.6. The molecule has 4 heteroatoms. The summed E-state index contributed by atoms with van der Waals surface area (Å²) in [4.78, 5) is 11.6. The second kappa shape index (κ2) is 4.24. The first-order valence-electron chi connectivity index (χ1n) is 5.80.